The average Bonchev–Trinajstić information content (AvgIpc) is 3.28. The molecule has 1 aliphatic heterocycles. The maximum absolute atomic E-state index is 12.3. The van der Waals surface area contributed by atoms with Gasteiger partial charge in [0.1, 0.15) is 5.76 Å². The Morgan fingerprint density at radius 1 is 1.46 bits per heavy atom. The Kier molecular flexibility index (Phi) is 5.04. The van der Waals surface area contributed by atoms with E-state index in [1.54, 1.807) is 36.4 Å². The second-order valence-corrected chi connectivity index (χ2v) is 8.92. The van der Waals surface area contributed by atoms with Crippen LogP contribution < -0.4 is 0 Å². The van der Waals surface area contributed by atoms with Crippen LogP contribution in [0.3, 0.4) is 0 Å². The molecule has 2 aromatic rings. The Morgan fingerprint density at radius 3 is 2.85 bits per heavy atom. The zero-order valence-corrected chi connectivity index (χ0v) is 16.0. The maximum atomic E-state index is 12.3. The number of hydrogen-bond acceptors (Lipinski definition) is 5. The van der Waals surface area contributed by atoms with E-state index in [0.29, 0.717) is 18.7 Å². The lowest BCUT2D eigenvalue weighted by Gasteiger charge is -2.16. The minimum atomic E-state index is -2.97. The fourth-order valence-corrected chi connectivity index (χ4v) is 4.92. The summed E-state index contributed by atoms with van der Waals surface area (Å²) >= 11 is 0. The molecule has 0 aliphatic carbocycles. The molecule has 0 unspecified atom stereocenters. The number of aromatic nitrogens is 2. The van der Waals surface area contributed by atoms with Crippen LogP contribution in [0.1, 0.15) is 35.2 Å². The number of nitrogens with zero attached hydrogens (tertiary/aromatic N) is 3. The van der Waals surface area contributed by atoms with E-state index in [1.165, 1.54) is 6.08 Å². The van der Waals surface area contributed by atoms with Gasteiger partial charge in [0.15, 0.2) is 9.84 Å². The summed E-state index contributed by atoms with van der Waals surface area (Å²) in [5.41, 5.74) is 2.69. The van der Waals surface area contributed by atoms with Crippen LogP contribution in [0, 0.1) is 13.8 Å². The molecule has 8 heteroatoms. The van der Waals surface area contributed by atoms with Crippen molar-refractivity contribution in [1.29, 1.82) is 0 Å². The third-order valence-electron chi connectivity index (χ3n) is 4.73. The van der Waals surface area contributed by atoms with Gasteiger partial charge < -0.3 is 9.32 Å². The van der Waals surface area contributed by atoms with E-state index in [2.05, 4.69) is 5.10 Å². The highest BCUT2D eigenvalue weighted by atomic mass is 32.2. The first-order chi connectivity index (χ1) is 12.3. The topological polar surface area (TPSA) is 85.4 Å². The number of carbonyl (C=O) groups is 1. The molecule has 0 spiro atoms. The molecule has 0 aromatic carbocycles. The molecule has 0 N–H and O–H groups in total. The van der Waals surface area contributed by atoms with E-state index in [-0.39, 0.29) is 23.5 Å². The van der Waals surface area contributed by atoms with E-state index in [1.807, 2.05) is 18.5 Å². The number of rotatable bonds is 5. The van der Waals surface area contributed by atoms with E-state index < -0.39 is 9.84 Å². The van der Waals surface area contributed by atoms with Crippen LogP contribution in [0.4, 0.5) is 0 Å². The van der Waals surface area contributed by atoms with Crippen molar-refractivity contribution in [3.05, 3.63) is 47.2 Å². The summed E-state index contributed by atoms with van der Waals surface area (Å²) in [6.45, 7) is 4.23. The zero-order chi connectivity index (χ0) is 18.9. The molecule has 3 heterocycles. The van der Waals surface area contributed by atoms with E-state index >= 15 is 0 Å². The fourth-order valence-electron chi connectivity index (χ4n) is 3.23. The first kappa shape index (κ1) is 18.4. The van der Waals surface area contributed by atoms with Crippen molar-refractivity contribution in [2.75, 3.05) is 18.6 Å². The maximum Gasteiger partial charge on any atom is 0.246 e. The summed E-state index contributed by atoms with van der Waals surface area (Å²) in [6.07, 6.45) is 5.24. The summed E-state index contributed by atoms with van der Waals surface area (Å²) in [5, 5.41) is 4.54. The number of hydrogen-bond donors (Lipinski definition) is 0. The lowest BCUT2D eigenvalue weighted by atomic mass is 10.1. The lowest BCUT2D eigenvalue weighted by molar-refractivity contribution is -0.125. The van der Waals surface area contributed by atoms with Crippen molar-refractivity contribution < 1.29 is 17.6 Å². The molecule has 1 aliphatic rings. The van der Waals surface area contributed by atoms with Gasteiger partial charge in [0, 0.05) is 30.9 Å². The van der Waals surface area contributed by atoms with E-state index in [0.717, 1.165) is 17.0 Å². The Labute approximate surface area is 153 Å². The number of aryl methyl sites for hydroxylation is 1. The average molecular weight is 377 g/mol. The lowest BCUT2D eigenvalue weighted by Crippen LogP contribution is -2.24. The molecule has 1 amide bonds. The van der Waals surface area contributed by atoms with E-state index in [9.17, 15) is 13.2 Å². The zero-order valence-electron chi connectivity index (χ0n) is 15.2. The Bertz CT molecular complexity index is 926. The number of sulfone groups is 1. The third-order valence-corrected chi connectivity index (χ3v) is 6.48. The van der Waals surface area contributed by atoms with Gasteiger partial charge in [-0.25, -0.2) is 8.42 Å². The monoisotopic (exact) mass is 377 g/mol. The Hall–Kier alpha value is -2.35. The molecule has 7 nitrogen and oxygen atoms in total. The van der Waals surface area contributed by atoms with Crippen LogP contribution >= 0.6 is 0 Å². The first-order valence-electron chi connectivity index (χ1n) is 8.48. The highest BCUT2D eigenvalue weighted by Crippen LogP contribution is 2.27. The smallest absolute Gasteiger partial charge is 0.246 e. The van der Waals surface area contributed by atoms with Gasteiger partial charge in [-0.3, -0.25) is 9.48 Å². The molecule has 0 radical (unpaired) electrons. The fraction of sp³-hybridized carbons (Fsp3) is 0.444. The van der Waals surface area contributed by atoms with Gasteiger partial charge in [0.25, 0.3) is 0 Å². The summed E-state index contributed by atoms with van der Waals surface area (Å²) in [6, 6.07) is 3.42. The molecule has 140 valence electrons. The predicted octanol–water partition coefficient (Wildman–Crippen LogP) is 2.12. The number of likely N-dealkylation sites (N-methyl/N-ethyl adjacent to an activating group) is 1. The van der Waals surface area contributed by atoms with Gasteiger partial charge in [-0.05, 0) is 38.5 Å². The van der Waals surface area contributed by atoms with Gasteiger partial charge in [-0.2, -0.15) is 5.10 Å². The van der Waals surface area contributed by atoms with Crippen molar-refractivity contribution in [2.24, 2.45) is 0 Å². The van der Waals surface area contributed by atoms with Crippen LogP contribution in [-0.2, 0) is 21.2 Å². The summed E-state index contributed by atoms with van der Waals surface area (Å²) in [4.78, 5) is 13.9. The van der Waals surface area contributed by atoms with Gasteiger partial charge in [0.2, 0.25) is 5.91 Å². The van der Waals surface area contributed by atoms with Gasteiger partial charge in [-0.15, -0.1) is 0 Å². The molecular weight excluding hydrogens is 354 g/mol. The second kappa shape index (κ2) is 7.11. The summed E-state index contributed by atoms with van der Waals surface area (Å²) < 4.78 is 30.5. The van der Waals surface area contributed by atoms with Gasteiger partial charge in [-0.1, -0.05) is 0 Å². The van der Waals surface area contributed by atoms with Crippen LogP contribution in [0.5, 0.6) is 0 Å². The molecule has 3 rings (SSSR count). The van der Waals surface area contributed by atoms with Gasteiger partial charge >= 0.3 is 0 Å². The molecule has 0 bridgehead atoms. The van der Waals surface area contributed by atoms with Crippen molar-refractivity contribution in [3.8, 4) is 0 Å². The van der Waals surface area contributed by atoms with Gasteiger partial charge in [0.05, 0.1) is 29.5 Å². The van der Waals surface area contributed by atoms with Crippen molar-refractivity contribution >= 4 is 21.8 Å². The Balaban J connectivity index is 1.72. The predicted molar refractivity (Wildman–Crippen MR) is 98.2 cm³/mol. The molecule has 26 heavy (non-hydrogen) atoms. The molecule has 1 atom stereocenters. The van der Waals surface area contributed by atoms with Crippen molar-refractivity contribution in [3.63, 3.8) is 0 Å². The molecule has 0 saturated carbocycles. The molecule has 1 fully saturated rings. The van der Waals surface area contributed by atoms with Crippen molar-refractivity contribution in [2.45, 2.75) is 32.9 Å². The van der Waals surface area contributed by atoms with Crippen LogP contribution in [0.2, 0.25) is 0 Å². The summed E-state index contributed by atoms with van der Waals surface area (Å²) in [5.74, 6) is 0.821. The van der Waals surface area contributed by atoms with E-state index in [4.69, 9.17) is 4.42 Å². The quantitative estimate of drug-likeness (QED) is 0.745. The highest BCUT2D eigenvalue weighted by molar-refractivity contribution is 7.91. The summed E-state index contributed by atoms with van der Waals surface area (Å²) in [7, 11) is -1.25. The molecule has 1 saturated heterocycles. The number of carbonyl (C=O) groups excluding carboxylic acids is 1. The number of furan rings is 1. The highest BCUT2D eigenvalue weighted by Gasteiger charge is 2.31. The largest absolute Gasteiger partial charge is 0.465 e. The normalized spacial score (nSPS) is 19.3. The second-order valence-electron chi connectivity index (χ2n) is 6.69. The van der Waals surface area contributed by atoms with Crippen LogP contribution in [0.15, 0.2) is 28.9 Å². The SMILES string of the molecule is Cc1nn([C@@H]2CCS(=O)(=O)C2)c(C)c1CN(C)C(=O)/C=C/c1ccco1. The molecular formula is C18H23N3O4S. The Morgan fingerprint density at radius 2 is 2.23 bits per heavy atom. The molecule has 2 aromatic heterocycles. The minimum absolute atomic E-state index is 0.118. The van der Waals surface area contributed by atoms with Crippen LogP contribution in [0.25, 0.3) is 6.08 Å². The number of amides is 1. The standard InChI is InChI=1S/C18H23N3O4S/c1-13-17(11-20(3)18(22)7-6-16-5-4-9-25-16)14(2)21(19-13)15-8-10-26(23,24)12-15/h4-7,9,15H,8,10-12H2,1-3H3/b7-6+/t15-/m1/s1. The minimum Gasteiger partial charge on any atom is -0.465 e. The third kappa shape index (κ3) is 3.90. The first-order valence-corrected chi connectivity index (χ1v) is 10.3. The van der Waals surface area contributed by atoms with Crippen LogP contribution in [-0.4, -0.2) is 47.6 Å². The van der Waals surface area contributed by atoms with Crippen molar-refractivity contribution in [1.82, 2.24) is 14.7 Å².